The van der Waals surface area contributed by atoms with Crippen molar-refractivity contribution in [2.45, 2.75) is 33.7 Å². The molecule has 0 aliphatic rings. The average molecular weight is 203 g/mol. The first-order valence-corrected chi connectivity index (χ1v) is 5.37. The van der Waals surface area contributed by atoms with Crippen LogP contribution in [0.2, 0.25) is 0 Å². The standard InChI is InChI=1S/C14H21N/c1-9(2)14(15-6)13-11(4)7-10(3)8-12(13)5/h7-8,14-15H,1H2,2-6H3. The molecule has 0 saturated heterocycles. The van der Waals surface area contributed by atoms with Crippen molar-refractivity contribution < 1.29 is 0 Å². The van der Waals surface area contributed by atoms with E-state index in [0.717, 1.165) is 5.57 Å². The lowest BCUT2D eigenvalue weighted by Gasteiger charge is -2.22. The Morgan fingerprint density at radius 1 is 1.20 bits per heavy atom. The maximum absolute atomic E-state index is 4.04. The van der Waals surface area contributed by atoms with Crippen LogP contribution in [0.15, 0.2) is 24.3 Å². The van der Waals surface area contributed by atoms with Crippen LogP contribution in [-0.4, -0.2) is 7.05 Å². The summed E-state index contributed by atoms with van der Waals surface area (Å²) in [5.74, 6) is 0. The number of hydrogen-bond acceptors (Lipinski definition) is 1. The zero-order valence-corrected chi connectivity index (χ0v) is 10.4. The highest BCUT2D eigenvalue weighted by molar-refractivity contribution is 5.42. The van der Waals surface area contributed by atoms with E-state index in [2.05, 4.69) is 51.7 Å². The van der Waals surface area contributed by atoms with Crippen LogP contribution < -0.4 is 5.32 Å². The van der Waals surface area contributed by atoms with E-state index < -0.39 is 0 Å². The number of rotatable bonds is 3. The predicted molar refractivity (Wildman–Crippen MR) is 67.3 cm³/mol. The zero-order valence-electron chi connectivity index (χ0n) is 10.4. The van der Waals surface area contributed by atoms with Gasteiger partial charge in [-0.2, -0.15) is 0 Å². The van der Waals surface area contributed by atoms with E-state index in [1.165, 1.54) is 22.3 Å². The zero-order chi connectivity index (χ0) is 11.6. The van der Waals surface area contributed by atoms with Gasteiger partial charge in [-0.3, -0.25) is 0 Å². The van der Waals surface area contributed by atoms with Gasteiger partial charge in [-0.15, -0.1) is 0 Å². The minimum Gasteiger partial charge on any atom is -0.310 e. The van der Waals surface area contributed by atoms with Crippen molar-refractivity contribution in [1.82, 2.24) is 5.32 Å². The Bertz CT molecular complexity index is 354. The van der Waals surface area contributed by atoms with Crippen LogP contribution in [0.25, 0.3) is 0 Å². The molecule has 0 spiro atoms. The second-order valence-corrected chi connectivity index (χ2v) is 4.38. The molecule has 0 saturated carbocycles. The fourth-order valence-corrected chi connectivity index (χ4v) is 2.28. The summed E-state index contributed by atoms with van der Waals surface area (Å²) in [6, 6.07) is 4.73. The second kappa shape index (κ2) is 4.63. The third kappa shape index (κ3) is 2.48. The highest BCUT2D eigenvalue weighted by atomic mass is 14.9. The van der Waals surface area contributed by atoms with Crippen molar-refractivity contribution >= 4 is 0 Å². The molecule has 1 unspecified atom stereocenters. The highest BCUT2D eigenvalue weighted by Gasteiger charge is 2.14. The van der Waals surface area contributed by atoms with Crippen molar-refractivity contribution in [3.05, 3.63) is 46.5 Å². The summed E-state index contributed by atoms with van der Waals surface area (Å²) in [4.78, 5) is 0. The van der Waals surface area contributed by atoms with Gasteiger partial charge in [0.05, 0.1) is 6.04 Å². The molecule has 0 amide bonds. The van der Waals surface area contributed by atoms with Crippen molar-refractivity contribution in [2.75, 3.05) is 7.05 Å². The lowest BCUT2D eigenvalue weighted by molar-refractivity contribution is 0.671. The van der Waals surface area contributed by atoms with Gasteiger partial charge in [0.2, 0.25) is 0 Å². The summed E-state index contributed by atoms with van der Waals surface area (Å²) in [6.07, 6.45) is 0. The van der Waals surface area contributed by atoms with Crippen molar-refractivity contribution in [3.8, 4) is 0 Å². The van der Waals surface area contributed by atoms with Gasteiger partial charge in [-0.1, -0.05) is 29.8 Å². The molecule has 0 aliphatic carbocycles. The van der Waals surface area contributed by atoms with Gasteiger partial charge in [-0.25, -0.2) is 0 Å². The molecule has 1 nitrogen and oxygen atoms in total. The first kappa shape index (κ1) is 12.0. The Morgan fingerprint density at radius 3 is 2.00 bits per heavy atom. The number of hydrogen-bond donors (Lipinski definition) is 1. The van der Waals surface area contributed by atoms with E-state index in [4.69, 9.17) is 0 Å². The fraction of sp³-hybridized carbons (Fsp3) is 0.429. The summed E-state index contributed by atoms with van der Waals surface area (Å²) >= 11 is 0. The van der Waals surface area contributed by atoms with Gasteiger partial charge in [0.1, 0.15) is 0 Å². The summed E-state index contributed by atoms with van der Waals surface area (Å²) < 4.78 is 0. The lowest BCUT2D eigenvalue weighted by atomic mass is 9.91. The van der Waals surface area contributed by atoms with Crippen molar-refractivity contribution in [3.63, 3.8) is 0 Å². The van der Waals surface area contributed by atoms with Crippen LogP contribution in [0, 0.1) is 20.8 Å². The maximum atomic E-state index is 4.04. The number of likely N-dealkylation sites (N-methyl/N-ethyl adjacent to an activating group) is 1. The van der Waals surface area contributed by atoms with Crippen LogP contribution >= 0.6 is 0 Å². The van der Waals surface area contributed by atoms with Gasteiger partial charge in [0.25, 0.3) is 0 Å². The van der Waals surface area contributed by atoms with E-state index in [1.54, 1.807) is 0 Å². The molecule has 0 radical (unpaired) electrons. The second-order valence-electron chi connectivity index (χ2n) is 4.38. The molecule has 0 bridgehead atoms. The van der Waals surface area contributed by atoms with Gasteiger partial charge < -0.3 is 5.32 Å². The summed E-state index contributed by atoms with van der Waals surface area (Å²) in [5.41, 5.74) is 6.54. The number of benzene rings is 1. The van der Waals surface area contributed by atoms with Gasteiger partial charge in [0, 0.05) is 0 Å². The molecule has 0 aromatic heterocycles. The lowest BCUT2D eigenvalue weighted by Crippen LogP contribution is -2.19. The molecule has 0 heterocycles. The first-order valence-electron chi connectivity index (χ1n) is 5.37. The molecular weight excluding hydrogens is 182 g/mol. The Morgan fingerprint density at radius 2 is 1.67 bits per heavy atom. The maximum Gasteiger partial charge on any atom is 0.0533 e. The van der Waals surface area contributed by atoms with Gasteiger partial charge in [0.15, 0.2) is 0 Å². The average Bonchev–Trinajstić information content (AvgIpc) is 2.09. The normalized spacial score (nSPS) is 12.6. The molecule has 1 atom stereocenters. The molecule has 1 heteroatoms. The largest absolute Gasteiger partial charge is 0.310 e. The molecule has 1 aromatic carbocycles. The van der Waals surface area contributed by atoms with E-state index in [9.17, 15) is 0 Å². The van der Waals surface area contributed by atoms with E-state index >= 15 is 0 Å². The van der Waals surface area contributed by atoms with Crippen LogP contribution in [0.3, 0.4) is 0 Å². The summed E-state index contributed by atoms with van der Waals surface area (Å²) in [6.45, 7) is 12.6. The quantitative estimate of drug-likeness (QED) is 0.742. The van der Waals surface area contributed by atoms with Crippen LogP contribution in [0.4, 0.5) is 0 Å². The predicted octanol–water partition coefficient (Wildman–Crippen LogP) is 3.45. The minimum absolute atomic E-state index is 0.269. The number of aryl methyl sites for hydroxylation is 3. The summed E-state index contributed by atoms with van der Waals surface area (Å²) in [7, 11) is 1.98. The molecule has 0 aliphatic heterocycles. The molecule has 82 valence electrons. The fourth-order valence-electron chi connectivity index (χ4n) is 2.28. The molecule has 1 N–H and O–H groups in total. The topological polar surface area (TPSA) is 12.0 Å². The Labute approximate surface area is 93.2 Å². The van der Waals surface area contributed by atoms with Crippen LogP contribution in [0.1, 0.15) is 35.2 Å². The van der Waals surface area contributed by atoms with Crippen molar-refractivity contribution in [1.29, 1.82) is 0 Å². The SMILES string of the molecule is C=C(C)C(NC)c1c(C)cc(C)cc1C. The molecule has 1 aromatic rings. The Hall–Kier alpha value is -1.08. The highest BCUT2D eigenvalue weighted by Crippen LogP contribution is 2.27. The molecule has 15 heavy (non-hydrogen) atoms. The van der Waals surface area contributed by atoms with Crippen LogP contribution in [0.5, 0.6) is 0 Å². The third-order valence-corrected chi connectivity index (χ3v) is 2.81. The summed E-state index contributed by atoms with van der Waals surface area (Å²) in [5, 5.41) is 3.32. The molecular formula is C14H21N. The number of nitrogens with one attached hydrogen (secondary N) is 1. The molecule has 1 rings (SSSR count). The van der Waals surface area contributed by atoms with Crippen molar-refractivity contribution in [2.24, 2.45) is 0 Å². The Kier molecular flexibility index (Phi) is 3.70. The third-order valence-electron chi connectivity index (χ3n) is 2.81. The monoisotopic (exact) mass is 203 g/mol. The van der Waals surface area contributed by atoms with Gasteiger partial charge >= 0.3 is 0 Å². The van der Waals surface area contributed by atoms with Crippen LogP contribution in [-0.2, 0) is 0 Å². The smallest absolute Gasteiger partial charge is 0.0533 e. The van der Waals surface area contributed by atoms with E-state index in [1.807, 2.05) is 7.05 Å². The Balaban J connectivity index is 3.29. The van der Waals surface area contributed by atoms with Gasteiger partial charge in [-0.05, 0) is 51.4 Å². The molecule has 0 fully saturated rings. The first-order chi connectivity index (χ1) is 6.97. The van der Waals surface area contributed by atoms with E-state index in [-0.39, 0.29) is 6.04 Å². The van der Waals surface area contributed by atoms with E-state index in [0.29, 0.717) is 0 Å². The minimum atomic E-state index is 0.269.